The average Bonchev–Trinajstić information content (AvgIpc) is 2.81. The van der Waals surface area contributed by atoms with Crippen molar-refractivity contribution < 1.29 is 19.1 Å². The number of amides is 2. The molecular weight excluding hydrogens is 382 g/mol. The first-order chi connectivity index (χ1) is 14.7. The van der Waals surface area contributed by atoms with Crippen LogP contribution < -0.4 is 20.3 Å². The Morgan fingerprint density at radius 3 is 1.93 bits per heavy atom. The molecule has 0 saturated heterocycles. The molecule has 3 aromatic rings. The summed E-state index contributed by atoms with van der Waals surface area (Å²) in [6, 6.07) is 25.6. The van der Waals surface area contributed by atoms with Crippen molar-refractivity contribution in [3.63, 3.8) is 0 Å². The lowest BCUT2D eigenvalue weighted by atomic mass is 10.1. The number of hydrazine groups is 1. The Bertz CT molecular complexity index is 1060. The summed E-state index contributed by atoms with van der Waals surface area (Å²) in [5, 5.41) is 9.00. The van der Waals surface area contributed by atoms with Gasteiger partial charge in [0, 0.05) is 5.56 Å². The number of benzene rings is 3. The lowest BCUT2D eigenvalue weighted by Gasteiger charge is -2.12. The number of hydrogen-bond acceptors (Lipinski definition) is 5. The fourth-order valence-electron chi connectivity index (χ4n) is 2.63. The molecule has 7 nitrogen and oxygen atoms in total. The van der Waals surface area contributed by atoms with Gasteiger partial charge in [-0.2, -0.15) is 5.26 Å². The van der Waals surface area contributed by atoms with Crippen LogP contribution in [0.25, 0.3) is 11.1 Å². The normalized spacial score (nSPS) is 9.83. The largest absolute Gasteiger partial charge is 0.483 e. The maximum atomic E-state index is 12.0. The van der Waals surface area contributed by atoms with Gasteiger partial charge in [0.1, 0.15) is 17.6 Å². The molecule has 0 spiro atoms. The molecule has 0 aliphatic carbocycles. The second-order valence-electron chi connectivity index (χ2n) is 6.14. The van der Waals surface area contributed by atoms with E-state index in [4.69, 9.17) is 14.7 Å². The summed E-state index contributed by atoms with van der Waals surface area (Å²) >= 11 is 0. The van der Waals surface area contributed by atoms with E-state index >= 15 is 0 Å². The van der Waals surface area contributed by atoms with Gasteiger partial charge < -0.3 is 9.47 Å². The Kier molecular flexibility index (Phi) is 7.01. The summed E-state index contributed by atoms with van der Waals surface area (Å²) in [6.07, 6.45) is 0. The Hall–Kier alpha value is -4.31. The highest BCUT2D eigenvalue weighted by molar-refractivity contribution is 5.83. The summed E-state index contributed by atoms with van der Waals surface area (Å²) in [4.78, 5) is 23.9. The van der Waals surface area contributed by atoms with E-state index in [1.165, 1.54) is 0 Å². The number of nitrogens with one attached hydrogen (secondary N) is 2. The summed E-state index contributed by atoms with van der Waals surface area (Å²) < 4.78 is 10.9. The van der Waals surface area contributed by atoms with Crippen LogP contribution in [0.3, 0.4) is 0 Å². The number of nitrogens with zero attached hydrogens (tertiary/aromatic N) is 1. The van der Waals surface area contributed by atoms with E-state index in [2.05, 4.69) is 10.9 Å². The molecule has 0 fully saturated rings. The zero-order valence-corrected chi connectivity index (χ0v) is 16.0. The molecule has 0 aliphatic heterocycles. The fourth-order valence-corrected chi connectivity index (χ4v) is 2.63. The average molecular weight is 401 g/mol. The van der Waals surface area contributed by atoms with Gasteiger partial charge in [-0.3, -0.25) is 20.4 Å². The highest BCUT2D eigenvalue weighted by Gasteiger charge is 2.10. The van der Waals surface area contributed by atoms with E-state index in [0.29, 0.717) is 17.1 Å². The standard InChI is InChI=1S/C23H19N3O4/c24-14-18-10-4-6-12-20(18)29-15-22(27)25-26-23(28)16-30-21-13-7-5-11-19(21)17-8-2-1-3-9-17/h1-13H,15-16H2,(H,25,27)(H,26,28). The number of nitriles is 1. The van der Waals surface area contributed by atoms with Crippen LogP contribution in [-0.4, -0.2) is 25.0 Å². The minimum absolute atomic E-state index is 0.276. The van der Waals surface area contributed by atoms with Crippen LogP contribution in [0.15, 0.2) is 78.9 Å². The molecule has 0 bridgehead atoms. The van der Waals surface area contributed by atoms with Crippen molar-refractivity contribution in [3.05, 3.63) is 84.4 Å². The summed E-state index contributed by atoms with van der Waals surface area (Å²) in [7, 11) is 0. The van der Waals surface area contributed by atoms with Gasteiger partial charge in [-0.05, 0) is 23.8 Å². The lowest BCUT2D eigenvalue weighted by Crippen LogP contribution is -2.45. The predicted octanol–water partition coefficient (Wildman–Crippen LogP) is 2.83. The first-order valence-electron chi connectivity index (χ1n) is 9.14. The number of carbonyl (C=O) groups excluding carboxylic acids is 2. The van der Waals surface area contributed by atoms with Crippen LogP contribution in [-0.2, 0) is 9.59 Å². The van der Waals surface area contributed by atoms with Gasteiger partial charge in [0.05, 0.1) is 5.56 Å². The molecule has 0 radical (unpaired) electrons. The second-order valence-corrected chi connectivity index (χ2v) is 6.14. The molecule has 0 atom stereocenters. The van der Waals surface area contributed by atoms with Gasteiger partial charge in [-0.1, -0.05) is 60.7 Å². The number of rotatable bonds is 7. The zero-order chi connectivity index (χ0) is 21.2. The molecular formula is C23H19N3O4. The van der Waals surface area contributed by atoms with Crippen LogP contribution in [0, 0.1) is 11.3 Å². The predicted molar refractivity (Wildman–Crippen MR) is 110 cm³/mol. The smallest absolute Gasteiger partial charge is 0.276 e. The monoisotopic (exact) mass is 401 g/mol. The van der Waals surface area contributed by atoms with E-state index in [9.17, 15) is 9.59 Å². The minimum Gasteiger partial charge on any atom is -0.483 e. The molecule has 3 aromatic carbocycles. The Labute approximate surface area is 173 Å². The molecule has 2 N–H and O–H groups in total. The minimum atomic E-state index is -0.569. The van der Waals surface area contributed by atoms with Gasteiger partial charge in [0.2, 0.25) is 0 Å². The number of ether oxygens (including phenoxy) is 2. The van der Waals surface area contributed by atoms with Crippen molar-refractivity contribution in [1.82, 2.24) is 10.9 Å². The highest BCUT2D eigenvalue weighted by atomic mass is 16.5. The van der Waals surface area contributed by atoms with Crippen molar-refractivity contribution in [1.29, 1.82) is 5.26 Å². The number of para-hydroxylation sites is 2. The molecule has 2 amide bonds. The first kappa shape index (κ1) is 20.4. The van der Waals surface area contributed by atoms with Crippen LogP contribution in [0.1, 0.15) is 5.56 Å². The van der Waals surface area contributed by atoms with Gasteiger partial charge in [0.15, 0.2) is 13.2 Å². The topological polar surface area (TPSA) is 100 Å². The molecule has 30 heavy (non-hydrogen) atoms. The van der Waals surface area contributed by atoms with Crippen LogP contribution in [0.5, 0.6) is 11.5 Å². The van der Waals surface area contributed by atoms with E-state index in [0.717, 1.165) is 11.1 Å². The van der Waals surface area contributed by atoms with Crippen LogP contribution in [0.2, 0.25) is 0 Å². The third-order valence-electron chi connectivity index (χ3n) is 4.04. The fraction of sp³-hybridized carbons (Fsp3) is 0.0870. The maximum Gasteiger partial charge on any atom is 0.276 e. The van der Waals surface area contributed by atoms with Gasteiger partial charge in [0.25, 0.3) is 11.8 Å². The maximum absolute atomic E-state index is 12.0. The highest BCUT2D eigenvalue weighted by Crippen LogP contribution is 2.29. The first-order valence-corrected chi connectivity index (χ1v) is 9.14. The van der Waals surface area contributed by atoms with Crippen LogP contribution in [0.4, 0.5) is 0 Å². The third kappa shape index (κ3) is 5.59. The molecule has 0 heterocycles. The van der Waals surface area contributed by atoms with Crippen molar-refractivity contribution in [2.75, 3.05) is 13.2 Å². The van der Waals surface area contributed by atoms with Crippen LogP contribution >= 0.6 is 0 Å². The molecule has 150 valence electrons. The van der Waals surface area contributed by atoms with Crippen molar-refractivity contribution in [2.45, 2.75) is 0 Å². The summed E-state index contributed by atoms with van der Waals surface area (Å²) in [6.45, 7) is -0.626. The van der Waals surface area contributed by atoms with Gasteiger partial charge >= 0.3 is 0 Å². The lowest BCUT2D eigenvalue weighted by molar-refractivity contribution is -0.131. The summed E-state index contributed by atoms with van der Waals surface area (Å²) in [5.74, 6) is -0.242. The second kappa shape index (κ2) is 10.3. The Balaban J connectivity index is 1.47. The number of carbonyl (C=O) groups is 2. The van der Waals surface area contributed by atoms with E-state index in [1.54, 1.807) is 30.3 Å². The molecule has 7 heteroatoms. The van der Waals surface area contributed by atoms with Crippen molar-refractivity contribution >= 4 is 11.8 Å². The molecule has 0 saturated carbocycles. The van der Waals surface area contributed by atoms with E-state index in [-0.39, 0.29) is 13.2 Å². The number of hydrogen-bond donors (Lipinski definition) is 2. The van der Waals surface area contributed by atoms with E-state index < -0.39 is 11.8 Å². The molecule has 0 aromatic heterocycles. The SMILES string of the molecule is N#Cc1ccccc1OCC(=O)NNC(=O)COc1ccccc1-c1ccccc1. The zero-order valence-electron chi connectivity index (χ0n) is 16.0. The summed E-state index contributed by atoms with van der Waals surface area (Å²) in [5.41, 5.74) is 6.66. The van der Waals surface area contributed by atoms with E-state index in [1.807, 2.05) is 54.6 Å². The third-order valence-corrected chi connectivity index (χ3v) is 4.04. The Morgan fingerprint density at radius 1 is 0.733 bits per heavy atom. The molecule has 3 rings (SSSR count). The van der Waals surface area contributed by atoms with Crippen molar-refractivity contribution in [2.24, 2.45) is 0 Å². The quantitative estimate of drug-likeness (QED) is 0.593. The Morgan fingerprint density at radius 2 is 1.27 bits per heavy atom. The van der Waals surface area contributed by atoms with Crippen molar-refractivity contribution in [3.8, 4) is 28.7 Å². The molecule has 0 unspecified atom stereocenters. The molecule has 0 aliphatic rings. The van der Waals surface area contributed by atoms with Gasteiger partial charge in [-0.15, -0.1) is 0 Å². The van der Waals surface area contributed by atoms with Gasteiger partial charge in [-0.25, -0.2) is 0 Å².